The van der Waals surface area contributed by atoms with Crippen LogP contribution in [0.2, 0.25) is 0 Å². The van der Waals surface area contributed by atoms with Crippen LogP contribution in [0.4, 0.5) is 22.0 Å². The van der Waals surface area contributed by atoms with Gasteiger partial charge in [0.2, 0.25) is 5.82 Å². The Kier molecular flexibility index (Phi) is 4.64. The SMILES string of the molecule is Oc1ccc(C2(c3c(F)c(F)c(F)c(F)c3F)c3ccccc3-c3ccc(Br)cc32)cc1. The number of phenolic OH excluding ortho intramolecular Hbond substituents is 1. The van der Waals surface area contributed by atoms with Gasteiger partial charge in [0, 0.05) is 10.0 Å². The molecule has 0 fully saturated rings. The van der Waals surface area contributed by atoms with Gasteiger partial charge in [0.1, 0.15) is 5.75 Å². The molecule has 5 rings (SSSR count). The molecule has 1 nitrogen and oxygen atoms in total. The fourth-order valence-corrected chi connectivity index (χ4v) is 4.98. The van der Waals surface area contributed by atoms with E-state index in [0.717, 1.165) is 0 Å². The summed E-state index contributed by atoms with van der Waals surface area (Å²) in [7, 11) is 0. The Bertz CT molecular complexity index is 1370. The summed E-state index contributed by atoms with van der Waals surface area (Å²) in [5, 5.41) is 9.80. The maximum atomic E-state index is 15.4. The zero-order valence-corrected chi connectivity index (χ0v) is 17.7. The molecule has 1 unspecified atom stereocenters. The topological polar surface area (TPSA) is 20.2 Å². The molecule has 1 atom stereocenters. The lowest BCUT2D eigenvalue weighted by molar-refractivity contribution is 0.363. The maximum Gasteiger partial charge on any atom is 0.200 e. The zero-order valence-electron chi connectivity index (χ0n) is 16.1. The van der Waals surface area contributed by atoms with Gasteiger partial charge in [-0.05, 0) is 52.1 Å². The normalized spacial score (nSPS) is 16.7. The van der Waals surface area contributed by atoms with Crippen molar-refractivity contribution in [3.63, 3.8) is 0 Å². The highest BCUT2D eigenvalue weighted by Crippen LogP contribution is 2.58. The summed E-state index contributed by atoms with van der Waals surface area (Å²) in [4.78, 5) is 0. The van der Waals surface area contributed by atoms with E-state index in [1.165, 1.54) is 24.3 Å². The standard InChI is InChI=1S/C25H12BrF5O/c26-13-7-10-16-15-3-1-2-4-17(15)25(18(16)11-13,12-5-8-14(32)9-6-12)19-20(27)22(29)24(31)23(30)21(19)28/h1-11,32H. The molecule has 0 aliphatic heterocycles. The van der Waals surface area contributed by atoms with Crippen LogP contribution in [0.25, 0.3) is 11.1 Å². The third-order valence-corrected chi connectivity index (χ3v) is 6.39. The molecule has 0 amide bonds. The molecular formula is C25H12BrF5O. The van der Waals surface area contributed by atoms with Crippen LogP contribution in [0.3, 0.4) is 0 Å². The molecule has 0 saturated heterocycles. The summed E-state index contributed by atoms with van der Waals surface area (Å²) in [6.07, 6.45) is 0. The highest BCUT2D eigenvalue weighted by atomic mass is 79.9. The van der Waals surface area contributed by atoms with E-state index < -0.39 is 40.1 Å². The van der Waals surface area contributed by atoms with Crippen LogP contribution in [0.5, 0.6) is 5.75 Å². The van der Waals surface area contributed by atoms with Gasteiger partial charge in [0.05, 0.1) is 5.41 Å². The average molecular weight is 503 g/mol. The summed E-state index contributed by atoms with van der Waals surface area (Å²) in [5.74, 6) is -10.2. The van der Waals surface area contributed by atoms with E-state index in [1.54, 1.807) is 42.5 Å². The Morgan fingerprint density at radius 3 is 1.84 bits per heavy atom. The van der Waals surface area contributed by atoms with Crippen molar-refractivity contribution >= 4 is 15.9 Å². The minimum atomic E-state index is -2.22. The van der Waals surface area contributed by atoms with E-state index in [0.29, 0.717) is 26.7 Å². The van der Waals surface area contributed by atoms with Crippen molar-refractivity contribution in [1.82, 2.24) is 0 Å². The Morgan fingerprint density at radius 1 is 0.625 bits per heavy atom. The molecule has 0 heterocycles. The van der Waals surface area contributed by atoms with E-state index in [1.807, 2.05) is 0 Å². The van der Waals surface area contributed by atoms with Gasteiger partial charge >= 0.3 is 0 Å². The number of phenols is 1. The van der Waals surface area contributed by atoms with E-state index >= 15 is 8.78 Å². The summed E-state index contributed by atoms with van der Waals surface area (Å²) < 4.78 is 74.1. The molecule has 32 heavy (non-hydrogen) atoms. The van der Waals surface area contributed by atoms with Gasteiger partial charge < -0.3 is 5.11 Å². The number of hydrogen-bond acceptors (Lipinski definition) is 1. The van der Waals surface area contributed by atoms with Crippen LogP contribution in [-0.2, 0) is 5.41 Å². The lowest BCUT2D eigenvalue weighted by atomic mass is 9.67. The minimum Gasteiger partial charge on any atom is -0.508 e. The molecule has 4 aromatic carbocycles. The fourth-order valence-electron chi connectivity index (χ4n) is 4.62. The lowest BCUT2D eigenvalue weighted by Gasteiger charge is -2.34. The van der Waals surface area contributed by atoms with Gasteiger partial charge in [-0.3, -0.25) is 0 Å². The summed E-state index contributed by atoms with van der Waals surface area (Å²) >= 11 is 3.36. The number of rotatable bonds is 2. The maximum absolute atomic E-state index is 15.4. The highest BCUT2D eigenvalue weighted by molar-refractivity contribution is 9.10. The molecule has 4 aromatic rings. The van der Waals surface area contributed by atoms with Gasteiger partial charge in [-0.15, -0.1) is 0 Å². The lowest BCUT2D eigenvalue weighted by Crippen LogP contribution is -2.32. The van der Waals surface area contributed by atoms with Crippen LogP contribution in [0.1, 0.15) is 22.3 Å². The van der Waals surface area contributed by atoms with Crippen molar-refractivity contribution in [1.29, 1.82) is 0 Å². The van der Waals surface area contributed by atoms with Crippen LogP contribution in [-0.4, -0.2) is 5.11 Å². The Hall–Kier alpha value is -3.19. The minimum absolute atomic E-state index is 0.109. The summed E-state index contributed by atoms with van der Waals surface area (Å²) in [5.41, 5.74) is -0.670. The first kappa shape index (κ1) is 20.7. The van der Waals surface area contributed by atoms with Crippen LogP contribution < -0.4 is 0 Å². The van der Waals surface area contributed by atoms with Crippen LogP contribution >= 0.6 is 15.9 Å². The smallest absolute Gasteiger partial charge is 0.200 e. The third kappa shape index (κ3) is 2.60. The second kappa shape index (κ2) is 7.17. The predicted octanol–water partition coefficient (Wildman–Crippen LogP) is 7.21. The first-order valence-electron chi connectivity index (χ1n) is 9.49. The van der Waals surface area contributed by atoms with Crippen molar-refractivity contribution < 1.29 is 27.1 Å². The quantitative estimate of drug-likeness (QED) is 0.153. The van der Waals surface area contributed by atoms with Gasteiger partial charge in [-0.25, -0.2) is 22.0 Å². The molecule has 1 N–H and O–H groups in total. The molecule has 0 bridgehead atoms. The first-order valence-corrected chi connectivity index (χ1v) is 10.3. The second-order valence-electron chi connectivity index (χ2n) is 7.48. The molecule has 7 heteroatoms. The van der Waals surface area contributed by atoms with Gasteiger partial charge in [0.25, 0.3) is 0 Å². The molecule has 0 spiro atoms. The van der Waals surface area contributed by atoms with Gasteiger partial charge in [0.15, 0.2) is 23.3 Å². The van der Waals surface area contributed by atoms with Crippen LogP contribution in [0.15, 0.2) is 71.2 Å². The first-order chi connectivity index (χ1) is 15.3. The van der Waals surface area contributed by atoms with Crippen LogP contribution in [0, 0.1) is 29.1 Å². The second-order valence-corrected chi connectivity index (χ2v) is 8.39. The molecule has 160 valence electrons. The van der Waals surface area contributed by atoms with Gasteiger partial charge in [-0.2, -0.15) is 0 Å². The van der Waals surface area contributed by atoms with E-state index in [-0.39, 0.29) is 11.3 Å². The monoisotopic (exact) mass is 502 g/mol. The van der Waals surface area contributed by atoms with E-state index in [4.69, 9.17) is 0 Å². The van der Waals surface area contributed by atoms with Crippen molar-refractivity contribution in [3.05, 3.63) is 123 Å². The zero-order chi connectivity index (χ0) is 22.8. The molecule has 0 aromatic heterocycles. The molecular weight excluding hydrogens is 491 g/mol. The van der Waals surface area contributed by atoms with Gasteiger partial charge in [-0.1, -0.05) is 58.4 Å². The Labute approximate surface area is 187 Å². The van der Waals surface area contributed by atoms with Crippen molar-refractivity contribution in [2.45, 2.75) is 5.41 Å². The highest BCUT2D eigenvalue weighted by Gasteiger charge is 2.51. The molecule has 0 radical (unpaired) electrons. The molecule has 1 aliphatic carbocycles. The Morgan fingerprint density at radius 2 is 1.19 bits per heavy atom. The van der Waals surface area contributed by atoms with E-state index in [2.05, 4.69) is 15.9 Å². The molecule has 1 aliphatic rings. The van der Waals surface area contributed by atoms with Crippen molar-refractivity contribution in [2.24, 2.45) is 0 Å². The van der Waals surface area contributed by atoms with Crippen molar-refractivity contribution in [3.8, 4) is 16.9 Å². The third-order valence-electron chi connectivity index (χ3n) is 5.89. The summed E-state index contributed by atoms with van der Waals surface area (Å²) in [6.45, 7) is 0. The fraction of sp³-hybridized carbons (Fsp3) is 0.0400. The largest absolute Gasteiger partial charge is 0.508 e. The average Bonchev–Trinajstić information content (AvgIpc) is 3.07. The predicted molar refractivity (Wildman–Crippen MR) is 113 cm³/mol. The summed E-state index contributed by atoms with van der Waals surface area (Å²) in [6, 6.07) is 17.2. The number of aromatic hydroxyl groups is 1. The van der Waals surface area contributed by atoms with E-state index in [9.17, 15) is 18.3 Å². The number of fused-ring (bicyclic) bond motifs is 3. The number of halogens is 6. The number of hydrogen-bond donors (Lipinski definition) is 1. The van der Waals surface area contributed by atoms with Crippen molar-refractivity contribution in [2.75, 3.05) is 0 Å². The Balaban J connectivity index is 2.06. The number of benzene rings is 4. The molecule has 0 saturated carbocycles.